The minimum atomic E-state index is -0.935. The first kappa shape index (κ1) is 14.9. The second-order valence-corrected chi connectivity index (χ2v) is 2.16. The molecule has 0 saturated carbocycles. The number of carbonyl (C=O) groups is 1. The van der Waals surface area contributed by atoms with Crippen molar-refractivity contribution in [2.45, 2.75) is 18.9 Å². The molecule has 0 aliphatic carbocycles. The molecule has 0 aromatic carbocycles. The van der Waals surface area contributed by atoms with Crippen LogP contribution < -0.4 is 0 Å². The minimum absolute atomic E-state index is 0. The van der Waals surface area contributed by atoms with Crippen LogP contribution in [-0.2, 0) is 4.79 Å². The second-order valence-electron chi connectivity index (χ2n) is 2.16. The van der Waals surface area contributed by atoms with Crippen molar-refractivity contribution >= 4 is 65.1 Å². The zero-order valence-electron chi connectivity index (χ0n) is 6.95. The van der Waals surface area contributed by atoms with Gasteiger partial charge in [-0.15, -0.1) is 0 Å². The van der Waals surface area contributed by atoms with Crippen molar-refractivity contribution in [3.05, 3.63) is 0 Å². The number of nitrogens with zero attached hydrogens (tertiary/aromatic N) is 1. The maximum absolute atomic E-state index is 10.2. The van der Waals surface area contributed by atoms with Gasteiger partial charge in [0.25, 0.3) is 0 Å². The predicted octanol–water partition coefficient (Wildman–Crippen LogP) is -0.837. The number of hydrogen-bond donors (Lipinski definition) is 2. The summed E-state index contributed by atoms with van der Waals surface area (Å²) >= 11 is 0. The van der Waals surface area contributed by atoms with Crippen LogP contribution in [0, 0.1) is 0 Å². The second kappa shape index (κ2) is 6.86. The SMILES string of the molecule is O=C(O)[C@@H]1CCCN1O.[Na].[Na]. The Morgan fingerprint density at radius 1 is 1.45 bits per heavy atom. The zero-order chi connectivity index (χ0) is 6.85. The van der Waals surface area contributed by atoms with E-state index in [1.54, 1.807) is 0 Å². The van der Waals surface area contributed by atoms with E-state index in [1.165, 1.54) is 0 Å². The largest absolute Gasteiger partial charge is 0.480 e. The summed E-state index contributed by atoms with van der Waals surface area (Å²) in [5, 5.41) is 18.1. The van der Waals surface area contributed by atoms with Crippen LogP contribution in [0.2, 0.25) is 0 Å². The third-order valence-electron chi connectivity index (χ3n) is 1.51. The summed E-state index contributed by atoms with van der Waals surface area (Å²) in [5.74, 6) is -0.935. The molecule has 0 spiro atoms. The molecule has 2 N–H and O–H groups in total. The smallest absolute Gasteiger partial charge is 0.323 e. The fourth-order valence-corrected chi connectivity index (χ4v) is 1.00. The van der Waals surface area contributed by atoms with Gasteiger partial charge in [0.2, 0.25) is 0 Å². The molecule has 0 bridgehead atoms. The van der Waals surface area contributed by atoms with E-state index in [0.29, 0.717) is 13.0 Å². The van der Waals surface area contributed by atoms with Gasteiger partial charge in [-0.1, -0.05) is 0 Å². The van der Waals surface area contributed by atoms with Crippen molar-refractivity contribution in [1.29, 1.82) is 0 Å². The van der Waals surface area contributed by atoms with E-state index >= 15 is 0 Å². The molecule has 1 heterocycles. The summed E-state index contributed by atoms with van der Waals surface area (Å²) in [6.07, 6.45) is 1.33. The van der Waals surface area contributed by atoms with Crippen molar-refractivity contribution in [2.75, 3.05) is 6.54 Å². The van der Waals surface area contributed by atoms with Gasteiger partial charge in [0, 0.05) is 65.7 Å². The molecule has 54 valence electrons. The Hall–Kier alpha value is 1.39. The zero-order valence-corrected chi connectivity index (χ0v) is 10.9. The number of hydroxylamine groups is 2. The molecule has 1 saturated heterocycles. The van der Waals surface area contributed by atoms with Crippen LogP contribution in [0.25, 0.3) is 0 Å². The van der Waals surface area contributed by atoms with Crippen LogP contribution in [0.1, 0.15) is 12.8 Å². The summed E-state index contributed by atoms with van der Waals surface area (Å²) in [4.78, 5) is 10.2. The summed E-state index contributed by atoms with van der Waals surface area (Å²) in [7, 11) is 0. The molecule has 1 fully saturated rings. The first-order valence-electron chi connectivity index (χ1n) is 2.90. The topological polar surface area (TPSA) is 60.8 Å². The van der Waals surface area contributed by atoms with E-state index in [0.717, 1.165) is 11.5 Å². The van der Waals surface area contributed by atoms with Crippen LogP contribution >= 0.6 is 0 Å². The monoisotopic (exact) mass is 177 g/mol. The number of aliphatic carboxylic acids is 1. The van der Waals surface area contributed by atoms with Crippen LogP contribution in [0.4, 0.5) is 0 Å². The van der Waals surface area contributed by atoms with Crippen molar-refractivity contribution in [1.82, 2.24) is 5.06 Å². The quantitative estimate of drug-likeness (QED) is 0.513. The molecule has 6 heteroatoms. The summed E-state index contributed by atoms with van der Waals surface area (Å²) in [5.41, 5.74) is 0. The van der Waals surface area contributed by atoms with E-state index < -0.39 is 12.0 Å². The summed E-state index contributed by atoms with van der Waals surface area (Å²) in [6, 6.07) is -0.662. The molecule has 2 radical (unpaired) electrons. The van der Waals surface area contributed by atoms with Crippen LogP contribution in [0.5, 0.6) is 0 Å². The van der Waals surface area contributed by atoms with Crippen LogP contribution in [0.15, 0.2) is 0 Å². The molecule has 1 aliphatic rings. The van der Waals surface area contributed by atoms with E-state index in [9.17, 15) is 4.79 Å². The first-order valence-corrected chi connectivity index (χ1v) is 2.90. The first-order chi connectivity index (χ1) is 4.22. The molecule has 0 unspecified atom stereocenters. The van der Waals surface area contributed by atoms with Crippen LogP contribution in [-0.4, -0.2) is 93.0 Å². The van der Waals surface area contributed by atoms with Crippen LogP contribution in [0.3, 0.4) is 0 Å². The van der Waals surface area contributed by atoms with Gasteiger partial charge >= 0.3 is 5.97 Å². The third-order valence-corrected chi connectivity index (χ3v) is 1.51. The Labute approximate surface area is 109 Å². The molecule has 11 heavy (non-hydrogen) atoms. The van der Waals surface area contributed by atoms with Gasteiger partial charge in [-0.3, -0.25) is 4.79 Å². The molecule has 1 atom stereocenters. The van der Waals surface area contributed by atoms with Crippen molar-refractivity contribution in [3.63, 3.8) is 0 Å². The third kappa shape index (κ3) is 4.24. The number of carboxylic acid groups (broad SMARTS) is 1. The van der Waals surface area contributed by atoms with E-state index in [-0.39, 0.29) is 59.1 Å². The molecular weight excluding hydrogens is 168 g/mol. The average Bonchev–Trinajstić information content (AvgIpc) is 2.13. The number of rotatable bonds is 1. The average molecular weight is 177 g/mol. The Balaban J connectivity index is 0. The molecule has 0 aromatic rings. The van der Waals surface area contributed by atoms with E-state index in [2.05, 4.69) is 0 Å². The Morgan fingerprint density at radius 3 is 2.18 bits per heavy atom. The molecule has 4 nitrogen and oxygen atoms in total. The van der Waals surface area contributed by atoms with Crippen molar-refractivity contribution in [3.8, 4) is 0 Å². The molecular formula is C5H9NNa2O3. The minimum Gasteiger partial charge on any atom is -0.480 e. The van der Waals surface area contributed by atoms with E-state index in [4.69, 9.17) is 10.3 Å². The molecule has 1 rings (SSSR count). The maximum Gasteiger partial charge on any atom is 0.323 e. The summed E-state index contributed by atoms with van der Waals surface area (Å²) < 4.78 is 0. The maximum atomic E-state index is 10.2. The number of carboxylic acids is 1. The molecule has 0 amide bonds. The normalized spacial score (nSPS) is 23.5. The van der Waals surface area contributed by atoms with E-state index in [1.807, 2.05) is 0 Å². The van der Waals surface area contributed by atoms with Crippen molar-refractivity contribution < 1.29 is 15.1 Å². The van der Waals surface area contributed by atoms with Gasteiger partial charge in [-0.2, -0.15) is 5.06 Å². The van der Waals surface area contributed by atoms with Gasteiger partial charge in [-0.05, 0) is 12.8 Å². The summed E-state index contributed by atoms with van der Waals surface area (Å²) in [6.45, 7) is 0.483. The van der Waals surface area contributed by atoms with Gasteiger partial charge in [0.1, 0.15) is 6.04 Å². The van der Waals surface area contributed by atoms with Crippen molar-refractivity contribution in [2.24, 2.45) is 0 Å². The molecule has 1 aliphatic heterocycles. The Morgan fingerprint density at radius 2 is 2.00 bits per heavy atom. The predicted molar refractivity (Wildman–Crippen MR) is 40.7 cm³/mol. The fraction of sp³-hybridized carbons (Fsp3) is 0.800. The molecule has 0 aromatic heterocycles. The van der Waals surface area contributed by atoms with Gasteiger partial charge in [0.05, 0.1) is 0 Å². The standard InChI is InChI=1S/C5H9NO3.2Na/c7-5(8)4-2-1-3-6(4)9;;/h4,9H,1-3H2,(H,7,8);;/t4-;;/m0../s1. The van der Waals surface area contributed by atoms with Gasteiger partial charge in [-0.25, -0.2) is 0 Å². The fourth-order valence-electron chi connectivity index (χ4n) is 1.00. The number of hydrogen-bond acceptors (Lipinski definition) is 3. The van der Waals surface area contributed by atoms with Gasteiger partial charge < -0.3 is 10.3 Å². The Kier molecular flexibility index (Phi) is 9.28. The Bertz CT molecular complexity index is 133. The van der Waals surface area contributed by atoms with Gasteiger partial charge in [0.15, 0.2) is 0 Å².